The molecule has 2 N–H and O–H groups in total. The highest BCUT2D eigenvalue weighted by Crippen LogP contribution is 2.33. The second kappa shape index (κ2) is 5.03. The number of rotatable bonds is 2. The van der Waals surface area contributed by atoms with E-state index in [1.54, 1.807) is 0 Å². The smallest absolute Gasteiger partial charge is 0.0846 e. The molecule has 16 heavy (non-hydrogen) atoms. The fraction of sp³-hybridized carbons (Fsp3) is 1.00. The molecule has 0 aromatic carbocycles. The van der Waals surface area contributed by atoms with E-state index in [9.17, 15) is 5.11 Å². The van der Waals surface area contributed by atoms with Gasteiger partial charge < -0.3 is 15.2 Å². The summed E-state index contributed by atoms with van der Waals surface area (Å²) in [5.74, 6) is 0.734. The highest BCUT2D eigenvalue weighted by atomic mass is 16.5. The highest BCUT2D eigenvalue weighted by Gasteiger charge is 2.42. The predicted molar refractivity (Wildman–Crippen MR) is 64.4 cm³/mol. The molecule has 0 saturated carbocycles. The molecule has 0 aromatic heterocycles. The summed E-state index contributed by atoms with van der Waals surface area (Å²) in [6.07, 6.45) is 5.18. The van der Waals surface area contributed by atoms with Crippen LogP contribution in [0.5, 0.6) is 0 Å². The molecule has 0 bridgehead atoms. The maximum Gasteiger partial charge on any atom is 0.0846 e. The van der Waals surface area contributed by atoms with Crippen molar-refractivity contribution >= 4 is 0 Å². The van der Waals surface area contributed by atoms with Gasteiger partial charge in [0.1, 0.15) is 0 Å². The molecule has 3 nitrogen and oxygen atoms in total. The van der Waals surface area contributed by atoms with E-state index < -0.39 is 5.60 Å². The molecule has 3 heteroatoms. The summed E-state index contributed by atoms with van der Waals surface area (Å²) in [5, 5.41) is 14.3. The van der Waals surface area contributed by atoms with Crippen molar-refractivity contribution in [3.8, 4) is 0 Å². The normalized spacial score (nSPS) is 45.6. The molecule has 0 aromatic rings. The van der Waals surface area contributed by atoms with E-state index >= 15 is 0 Å². The zero-order chi connectivity index (χ0) is 11.6. The summed E-state index contributed by atoms with van der Waals surface area (Å²) in [6.45, 7) is 6.18. The Kier molecular flexibility index (Phi) is 3.88. The fourth-order valence-electron chi connectivity index (χ4n) is 3.05. The van der Waals surface area contributed by atoms with Crippen LogP contribution in [0.2, 0.25) is 0 Å². The third-order valence-corrected chi connectivity index (χ3v) is 4.24. The third kappa shape index (κ3) is 2.58. The average molecular weight is 227 g/mol. The van der Waals surface area contributed by atoms with Crippen LogP contribution in [0.25, 0.3) is 0 Å². The van der Waals surface area contributed by atoms with Gasteiger partial charge in [-0.05, 0) is 31.7 Å². The molecule has 4 atom stereocenters. The SMILES string of the molecule is CCC1CC(O)(C2CC(C)CCN2)CCO1. The van der Waals surface area contributed by atoms with Gasteiger partial charge in [-0.15, -0.1) is 0 Å². The lowest BCUT2D eigenvalue weighted by Crippen LogP contribution is -2.57. The first-order valence-electron chi connectivity index (χ1n) is 6.71. The largest absolute Gasteiger partial charge is 0.388 e. The minimum Gasteiger partial charge on any atom is -0.388 e. The van der Waals surface area contributed by atoms with Crippen molar-refractivity contribution in [1.29, 1.82) is 0 Å². The van der Waals surface area contributed by atoms with Crippen molar-refractivity contribution in [2.45, 2.75) is 63.7 Å². The standard InChI is InChI=1S/C13H25NO2/c1-3-11-9-13(15,5-7-16-11)12-8-10(2)4-6-14-12/h10-12,14-15H,3-9H2,1-2H3. The number of piperidine rings is 1. The summed E-state index contributed by atoms with van der Waals surface area (Å²) in [5.41, 5.74) is -0.534. The topological polar surface area (TPSA) is 41.5 Å². The van der Waals surface area contributed by atoms with E-state index in [0.29, 0.717) is 6.61 Å². The Balaban J connectivity index is 1.99. The molecule has 0 amide bonds. The summed E-state index contributed by atoms with van der Waals surface area (Å²) < 4.78 is 5.65. The molecule has 4 unspecified atom stereocenters. The number of aliphatic hydroxyl groups is 1. The molecule has 2 fully saturated rings. The van der Waals surface area contributed by atoms with E-state index in [4.69, 9.17) is 4.74 Å². The lowest BCUT2D eigenvalue weighted by atomic mass is 9.77. The molecular weight excluding hydrogens is 202 g/mol. The van der Waals surface area contributed by atoms with Crippen LogP contribution in [-0.2, 0) is 4.74 Å². The predicted octanol–water partition coefficient (Wildman–Crippen LogP) is 1.69. The van der Waals surface area contributed by atoms with Crippen LogP contribution >= 0.6 is 0 Å². The van der Waals surface area contributed by atoms with E-state index in [1.807, 2.05) is 0 Å². The quantitative estimate of drug-likeness (QED) is 0.754. The third-order valence-electron chi connectivity index (χ3n) is 4.24. The van der Waals surface area contributed by atoms with Gasteiger partial charge in [-0.25, -0.2) is 0 Å². The van der Waals surface area contributed by atoms with Gasteiger partial charge in [-0.2, -0.15) is 0 Å². The van der Waals surface area contributed by atoms with Crippen LogP contribution in [0.1, 0.15) is 46.0 Å². The van der Waals surface area contributed by atoms with Gasteiger partial charge >= 0.3 is 0 Å². The Bertz CT molecular complexity index is 234. The fourth-order valence-corrected chi connectivity index (χ4v) is 3.05. The Hall–Kier alpha value is -0.120. The van der Waals surface area contributed by atoms with Crippen LogP contribution in [0, 0.1) is 5.92 Å². The molecule has 0 radical (unpaired) electrons. The monoisotopic (exact) mass is 227 g/mol. The number of ether oxygens (including phenoxy) is 1. The second-order valence-electron chi connectivity index (χ2n) is 5.60. The molecule has 2 heterocycles. The molecule has 2 rings (SSSR count). The van der Waals surface area contributed by atoms with Crippen LogP contribution in [0.15, 0.2) is 0 Å². The first kappa shape index (κ1) is 12.3. The van der Waals surface area contributed by atoms with E-state index in [-0.39, 0.29) is 12.1 Å². The van der Waals surface area contributed by atoms with Gasteiger partial charge in [0.05, 0.1) is 11.7 Å². The van der Waals surface area contributed by atoms with Gasteiger partial charge in [0.25, 0.3) is 0 Å². The minimum absolute atomic E-state index is 0.248. The van der Waals surface area contributed by atoms with Crippen molar-refractivity contribution < 1.29 is 9.84 Å². The Morgan fingerprint density at radius 3 is 3.00 bits per heavy atom. The number of hydrogen-bond acceptors (Lipinski definition) is 3. The molecule has 2 aliphatic heterocycles. The van der Waals surface area contributed by atoms with E-state index in [0.717, 1.165) is 38.1 Å². The van der Waals surface area contributed by atoms with Crippen molar-refractivity contribution in [2.24, 2.45) is 5.92 Å². The second-order valence-corrected chi connectivity index (χ2v) is 5.60. The number of nitrogens with one attached hydrogen (secondary N) is 1. The molecule has 0 aliphatic carbocycles. The summed E-state index contributed by atoms with van der Waals surface area (Å²) >= 11 is 0. The van der Waals surface area contributed by atoms with Gasteiger partial charge in [0, 0.05) is 25.5 Å². The molecule has 2 saturated heterocycles. The summed E-state index contributed by atoms with van der Waals surface area (Å²) in [4.78, 5) is 0. The number of hydrogen-bond donors (Lipinski definition) is 2. The summed E-state index contributed by atoms with van der Waals surface area (Å²) in [6, 6.07) is 0.272. The van der Waals surface area contributed by atoms with E-state index in [2.05, 4.69) is 19.2 Å². The van der Waals surface area contributed by atoms with Crippen molar-refractivity contribution in [3.63, 3.8) is 0 Å². The first-order chi connectivity index (χ1) is 7.64. The molecule has 0 spiro atoms. The minimum atomic E-state index is -0.534. The first-order valence-corrected chi connectivity index (χ1v) is 6.71. The van der Waals surface area contributed by atoms with Gasteiger partial charge in [0.15, 0.2) is 0 Å². The lowest BCUT2D eigenvalue weighted by molar-refractivity contribution is -0.125. The van der Waals surface area contributed by atoms with Crippen LogP contribution in [0.3, 0.4) is 0 Å². The molecular formula is C13H25NO2. The zero-order valence-corrected chi connectivity index (χ0v) is 10.5. The average Bonchev–Trinajstić information content (AvgIpc) is 2.29. The zero-order valence-electron chi connectivity index (χ0n) is 10.5. The highest BCUT2D eigenvalue weighted by molar-refractivity contribution is 4.97. The summed E-state index contributed by atoms with van der Waals surface area (Å²) in [7, 11) is 0. The van der Waals surface area contributed by atoms with E-state index in [1.165, 1.54) is 6.42 Å². The lowest BCUT2D eigenvalue weighted by Gasteiger charge is -2.45. The van der Waals surface area contributed by atoms with Crippen LogP contribution in [0.4, 0.5) is 0 Å². The maximum atomic E-state index is 10.8. The Labute approximate surface area is 98.6 Å². The maximum absolute atomic E-state index is 10.8. The van der Waals surface area contributed by atoms with Crippen molar-refractivity contribution in [2.75, 3.05) is 13.2 Å². The van der Waals surface area contributed by atoms with Gasteiger partial charge in [-0.3, -0.25) is 0 Å². The Morgan fingerprint density at radius 2 is 2.31 bits per heavy atom. The van der Waals surface area contributed by atoms with Crippen LogP contribution in [-0.4, -0.2) is 36.0 Å². The van der Waals surface area contributed by atoms with Gasteiger partial charge in [0.2, 0.25) is 0 Å². The molecule has 2 aliphatic rings. The molecule has 94 valence electrons. The van der Waals surface area contributed by atoms with Crippen molar-refractivity contribution in [3.05, 3.63) is 0 Å². The van der Waals surface area contributed by atoms with Crippen molar-refractivity contribution in [1.82, 2.24) is 5.32 Å². The van der Waals surface area contributed by atoms with Crippen LogP contribution < -0.4 is 5.32 Å². The van der Waals surface area contributed by atoms with Gasteiger partial charge in [-0.1, -0.05) is 13.8 Å². The Morgan fingerprint density at radius 1 is 1.50 bits per heavy atom.